The molecular weight excluding hydrogens is 278 g/mol. The zero-order chi connectivity index (χ0) is 15.0. The second-order valence-electron chi connectivity index (χ2n) is 3.60. The lowest BCUT2D eigenvalue weighted by Crippen LogP contribution is -2.43. The summed E-state index contributed by atoms with van der Waals surface area (Å²) >= 11 is 3.80. The maximum atomic E-state index is 11.3. The number of thiol groups is 1. The van der Waals surface area contributed by atoms with E-state index in [2.05, 4.69) is 22.1 Å². The van der Waals surface area contributed by atoms with Gasteiger partial charge < -0.3 is 31.8 Å². The van der Waals surface area contributed by atoms with Crippen LogP contribution >= 0.6 is 12.6 Å². The van der Waals surface area contributed by atoms with Crippen LogP contribution in [0.3, 0.4) is 0 Å². The zero-order valence-electron chi connectivity index (χ0n) is 10.0. The summed E-state index contributed by atoms with van der Waals surface area (Å²) in [5.41, 5.74) is 15.8. The second-order valence-corrected chi connectivity index (χ2v) is 3.97. The van der Waals surface area contributed by atoms with Crippen molar-refractivity contribution in [2.45, 2.75) is 18.1 Å². The highest BCUT2D eigenvalue weighted by atomic mass is 32.1. The van der Waals surface area contributed by atoms with Gasteiger partial charge in [0.25, 0.3) is 0 Å². The van der Waals surface area contributed by atoms with Crippen molar-refractivity contribution in [3.8, 4) is 0 Å². The Labute approximate surface area is 114 Å². The normalized spacial score (nSPS) is 15.2. The molecule has 3 atom stereocenters. The van der Waals surface area contributed by atoms with Gasteiger partial charge in [-0.05, 0) is 0 Å². The third kappa shape index (κ3) is 6.96. The van der Waals surface area contributed by atoms with Crippen LogP contribution in [0.2, 0.25) is 0 Å². The van der Waals surface area contributed by atoms with E-state index >= 15 is 0 Å². The summed E-state index contributed by atoms with van der Waals surface area (Å²) in [6.45, 7) is -0.951. The highest BCUT2D eigenvalue weighted by Gasteiger charge is 2.21. The number of hydrogen-bond acceptors (Lipinski definition) is 9. The molecule has 0 saturated carbocycles. The highest BCUT2D eigenvalue weighted by Crippen LogP contribution is 1.94. The van der Waals surface area contributed by atoms with Gasteiger partial charge in [0, 0.05) is 5.75 Å². The van der Waals surface area contributed by atoms with Crippen molar-refractivity contribution in [1.29, 1.82) is 0 Å². The quantitative estimate of drug-likeness (QED) is 0.232. The van der Waals surface area contributed by atoms with E-state index in [-0.39, 0.29) is 5.75 Å². The number of nitrogens with two attached hydrogens (primary N) is 3. The number of ether oxygens (including phenoxy) is 2. The van der Waals surface area contributed by atoms with Crippen molar-refractivity contribution in [3.05, 3.63) is 0 Å². The molecule has 0 bridgehead atoms. The van der Waals surface area contributed by atoms with Crippen LogP contribution in [0.4, 0.5) is 0 Å². The van der Waals surface area contributed by atoms with E-state index in [1.807, 2.05) is 0 Å². The van der Waals surface area contributed by atoms with Gasteiger partial charge in [-0.15, -0.1) is 0 Å². The SMILES string of the molecule is N[C@@H](COC(=O)[C@@H](N)COC(=O)[C@@H](N)CS)C(=O)O. The number of rotatable bonds is 8. The summed E-state index contributed by atoms with van der Waals surface area (Å²) in [6, 6.07) is -3.49. The molecule has 0 aromatic carbocycles. The lowest BCUT2D eigenvalue weighted by atomic mass is 10.3. The summed E-state index contributed by atoms with van der Waals surface area (Å²) in [6.07, 6.45) is 0. The number of carbonyl (C=O) groups is 3. The fraction of sp³-hybridized carbons (Fsp3) is 0.667. The molecule has 0 aliphatic carbocycles. The van der Waals surface area contributed by atoms with Crippen molar-refractivity contribution < 1.29 is 29.0 Å². The predicted molar refractivity (Wildman–Crippen MR) is 67.3 cm³/mol. The van der Waals surface area contributed by atoms with Gasteiger partial charge in [0.05, 0.1) is 0 Å². The lowest BCUT2D eigenvalue weighted by molar-refractivity contribution is -0.152. The van der Waals surface area contributed by atoms with Crippen LogP contribution in [0.15, 0.2) is 0 Å². The molecule has 7 N–H and O–H groups in total. The predicted octanol–water partition coefficient (Wildman–Crippen LogP) is -2.93. The molecule has 0 aliphatic rings. The Kier molecular flexibility index (Phi) is 8.07. The molecule has 0 amide bonds. The number of carbonyl (C=O) groups excluding carboxylic acids is 2. The smallest absolute Gasteiger partial charge is 0.326 e. The van der Waals surface area contributed by atoms with Gasteiger partial charge in [-0.1, -0.05) is 0 Å². The largest absolute Gasteiger partial charge is 0.480 e. The first-order chi connectivity index (χ1) is 8.79. The summed E-state index contributed by atoms with van der Waals surface area (Å²) in [5.74, 6) is -2.90. The van der Waals surface area contributed by atoms with E-state index in [1.54, 1.807) is 0 Å². The topological polar surface area (TPSA) is 168 Å². The van der Waals surface area contributed by atoms with Gasteiger partial charge in [-0.2, -0.15) is 12.6 Å². The Bertz CT molecular complexity index is 340. The number of aliphatic carboxylic acids is 1. The van der Waals surface area contributed by atoms with E-state index in [0.29, 0.717) is 0 Å². The molecule has 110 valence electrons. The number of carboxylic acids is 1. The van der Waals surface area contributed by atoms with E-state index in [1.165, 1.54) is 0 Å². The Balaban J connectivity index is 4.01. The fourth-order valence-corrected chi connectivity index (χ4v) is 0.921. The van der Waals surface area contributed by atoms with Crippen LogP contribution in [-0.4, -0.2) is 60.1 Å². The molecule has 0 heterocycles. The molecule has 0 saturated heterocycles. The maximum Gasteiger partial charge on any atom is 0.326 e. The van der Waals surface area contributed by atoms with Gasteiger partial charge in [-0.25, -0.2) is 0 Å². The molecule has 10 heteroatoms. The average Bonchev–Trinajstić information content (AvgIpc) is 2.39. The van der Waals surface area contributed by atoms with Gasteiger partial charge in [0.1, 0.15) is 31.3 Å². The summed E-state index contributed by atoms with van der Waals surface area (Å²) in [4.78, 5) is 32.8. The fourth-order valence-electron chi connectivity index (χ4n) is 0.772. The van der Waals surface area contributed by atoms with Gasteiger partial charge >= 0.3 is 17.9 Å². The Hall–Kier alpha value is -1.36. The maximum absolute atomic E-state index is 11.3. The molecular formula is C9H17N3O6S. The Morgan fingerprint density at radius 1 is 0.947 bits per heavy atom. The molecule has 9 nitrogen and oxygen atoms in total. The molecule has 0 unspecified atom stereocenters. The van der Waals surface area contributed by atoms with Crippen LogP contribution < -0.4 is 17.2 Å². The summed E-state index contributed by atoms with van der Waals surface area (Å²) in [5, 5.41) is 8.46. The van der Waals surface area contributed by atoms with Gasteiger partial charge in [0.15, 0.2) is 0 Å². The molecule has 0 aliphatic heterocycles. The number of esters is 2. The van der Waals surface area contributed by atoms with Crippen LogP contribution in [0.1, 0.15) is 0 Å². The van der Waals surface area contributed by atoms with Crippen molar-refractivity contribution in [1.82, 2.24) is 0 Å². The standard InChI is InChI=1S/C9H17N3O6S/c10-4(7(13)14)1-17-8(15)5(11)2-18-9(16)6(12)3-19/h4-6,19H,1-3,10-12H2,(H,13,14)/t4-,5-,6-/m0/s1. The van der Waals surface area contributed by atoms with Crippen molar-refractivity contribution in [2.75, 3.05) is 19.0 Å². The van der Waals surface area contributed by atoms with Crippen molar-refractivity contribution >= 4 is 30.5 Å². The second kappa shape index (κ2) is 8.69. The third-order valence-electron chi connectivity index (χ3n) is 1.93. The van der Waals surface area contributed by atoms with Crippen LogP contribution in [0.5, 0.6) is 0 Å². The van der Waals surface area contributed by atoms with Crippen molar-refractivity contribution in [3.63, 3.8) is 0 Å². The first-order valence-corrected chi connectivity index (χ1v) is 5.86. The molecule has 19 heavy (non-hydrogen) atoms. The van der Waals surface area contributed by atoms with Gasteiger partial charge in [0.2, 0.25) is 0 Å². The van der Waals surface area contributed by atoms with Crippen LogP contribution in [0, 0.1) is 0 Å². The Morgan fingerprint density at radius 2 is 1.37 bits per heavy atom. The van der Waals surface area contributed by atoms with Crippen molar-refractivity contribution in [2.24, 2.45) is 17.2 Å². The molecule has 0 aromatic rings. The number of hydrogen-bond donors (Lipinski definition) is 5. The average molecular weight is 295 g/mol. The summed E-state index contributed by atoms with van der Waals surface area (Å²) < 4.78 is 9.18. The lowest BCUT2D eigenvalue weighted by Gasteiger charge is -2.14. The molecule has 0 radical (unpaired) electrons. The minimum Gasteiger partial charge on any atom is -0.480 e. The summed E-state index contributed by atoms with van der Waals surface area (Å²) in [7, 11) is 0. The minimum atomic E-state index is -1.34. The molecule has 0 rings (SSSR count). The first kappa shape index (κ1) is 17.6. The van der Waals surface area contributed by atoms with E-state index in [9.17, 15) is 14.4 Å². The van der Waals surface area contributed by atoms with Gasteiger partial charge in [-0.3, -0.25) is 14.4 Å². The van der Waals surface area contributed by atoms with Crippen LogP contribution in [-0.2, 0) is 23.9 Å². The third-order valence-corrected chi connectivity index (χ3v) is 2.32. The van der Waals surface area contributed by atoms with E-state index < -0.39 is 49.2 Å². The Morgan fingerprint density at radius 3 is 1.79 bits per heavy atom. The van der Waals surface area contributed by atoms with E-state index in [0.717, 1.165) is 0 Å². The molecule has 0 fully saturated rings. The first-order valence-electron chi connectivity index (χ1n) is 5.23. The highest BCUT2D eigenvalue weighted by molar-refractivity contribution is 7.80. The number of carboxylic acid groups (broad SMARTS) is 1. The van der Waals surface area contributed by atoms with E-state index in [4.69, 9.17) is 22.3 Å². The zero-order valence-corrected chi connectivity index (χ0v) is 10.9. The minimum absolute atomic E-state index is 0.0893. The molecule has 0 aromatic heterocycles. The van der Waals surface area contributed by atoms with Crippen LogP contribution in [0.25, 0.3) is 0 Å². The monoisotopic (exact) mass is 295 g/mol. The molecule has 0 spiro atoms.